The zero-order valence-corrected chi connectivity index (χ0v) is 14.5. The van der Waals surface area contributed by atoms with Gasteiger partial charge in [-0.1, -0.05) is 0 Å². The van der Waals surface area contributed by atoms with Gasteiger partial charge in [0.25, 0.3) is 0 Å². The second-order valence-electron chi connectivity index (χ2n) is 6.84. The first kappa shape index (κ1) is 17.0. The molecular weight excluding hydrogens is 306 g/mol. The molecule has 24 heavy (non-hydrogen) atoms. The maximum Gasteiger partial charge on any atom is 0.237 e. The number of carbonyl (C=O) groups is 2. The van der Waals surface area contributed by atoms with Crippen molar-refractivity contribution in [3.8, 4) is 0 Å². The summed E-state index contributed by atoms with van der Waals surface area (Å²) in [4.78, 5) is 28.7. The number of nitrogens with one attached hydrogen (secondary N) is 1. The number of hydrogen-bond donors (Lipinski definition) is 1. The van der Waals surface area contributed by atoms with Crippen LogP contribution >= 0.6 is 0 Å². The van der Waals surface area contributed by atoms with Gasteiger partial charge in [0.2, 0.25) is 11.8 Å². The Kier molecular flexibility index (Phi) is 5.23. The van der Waals surface area contributed by atoms with E-state index in [2.05, 4.69) is 10.2 Å². The minimum atomic E-state index is -0.193. The van der Waals surface area contributed by atoms with Crippen LogP contribution in [0, 0.1) is 0 Å². The van der Waals surface area contributed by atoms with Gasteiger partial charge in [-0.3, -0.25) is 14.5 Å². The van der Waals surface area contributed by atoms with Crippen molar-refractivity contribution in [3.63, 3.8) is 0 Å². The van der Waals surface area contributed by atoms with Crippen LogP contribution in [0.4, 0.5) is 0 Å². The van der Waals surface area contributed by atoms with Crippen LogP contribution in [-0.2, 0) is 16.1 Å². The van der Waals surface area contributed by atoms with E-state index < -0.39 is 0 Å². The molecule has 0 spiro atoms. The van der Waals surface area contributed by atoms with Crippen molar-refractivity contribution in [2.75, 3.05) is 13.1 Å². The number of likely N-dealkylation sites (tertiary alicyclic amines) is 2. The van der Waals surface area contributed by atoms with Gasteiger partial charge < -0.3 is 14.6 Å². The highest BCUT2D eigenvalue weighted by Crippen LogP contribution is 2.31. The zero-order valence-electron chi connectivity index (χ0n) is 14.5. The molecule has 6 heteroatoms. The Morgan fingerprint density at radius 2 is 2.04 bits per heavy atom. The molecule has 0 aliphatic carbocycles. The molecule has 0 aromatic carbocycles. The molecule has 1 aromatic heterocycles. The van der Waals surface area contributed by atoms with E-state index in [0.29, 0.717) is 12.6 Å². The number of nitrogens with zero attached hydrogens (tertiary/aromatic N) is 2. The Labute approximate surface area is 143 Å². The van der Waals surface area contributed by atoms with Crippen molar-refractivity contribution in [1.29, 1.82) is 0 Å². The fourth-order valence-corrected chi connectivity index (χ4v) is 4.18. The predicted molar refractivity (Wildman–Crippen MR) is 90.2 cm³/mol. The molecule has 3 rings (SSSR count). The van der Waals surface area contributed by atoms with Gasteiger partial charge in [0.1, 0.15) is 5.76 Å². The van der Waals surface area contributed by atoms with E-state index in [4.69, 9.17) is 4.42 Å². The average molecular weight is 333 g/mol. The van der Waals surface area contributed by atoms with Crippen molar-refractivity contribution in [2.24, 2.45) is 0 Å². The highest BCUT2D eigenvalue weighted by atomic mass is 16.3. The lowest BCUT2D eigenvalue weighted by Gasteiger charge is -2.37. The first-order valence-corrected chi connectivity index (χ1v) is 8.91. The lowest BCUT2D eigenvalue weighted by Crippen LogP contribution is -2.53. The SMILES string of the molecule is CC(=O)N1CCC[C@@H]1[C@@H]1CCCN1[C@@H](C)C(=O)NCc1ccco1. The Morgan fingerprint density at radius 3 is 2.75 bits per heavy atom. The molecule has 1 N–H and O–H groups in total. The largest absolute Gasteiger partial charge is 0.467 e. The van der Waals surface area contributed by atoms with E-state index in [1.54, 1.807) is 13.2 Å². The van der Waals surface area contributed by atoms with Crippen LogP contribution in [0.1, 0.15) is 45.3 Å². The highest BCUT2D eigenvalue weighted by molar-refractivity contribution is 5.81. The maximum atomic E-state index is 12.5. The third-order valence-corrected chi connectivity index (χ3v) is 5.38. The summed E-state index contributed by atoms with van der Waals surface area (Å²) in [7, 11) is 0. The summed E-state index contributed by atoms with van der Waals surface area (Å²) >= 11 is 0. The molecule has 0 radical (unpaired) electrons. The van der Waals surface area contributed by atoms with Gasteiger partial charge in [-0.25, -0.2) is 0 Å². The van der Waals surface area contributed by atoms with Gasteiger partial charge in [0.05, 0.1) is 18.8 Å². The number of hydrogen-bond acceptors (Lipinski definition) is 4. The van der Waals surface area contributed by atoms with Gasteiger partial charge in [0.15, 0.2) is 0 Å². The number of furan rings is 1. The second kappa shape index (κ2) is 7.38. The Bertz CT molecular complexity index is 572. The molecule has 132 valence electrons. The highest BCUT2D eigenvalue weighted by Gasteiger charge is 2.41. The lowest BCUT2D eigenvalue weighted by atomic mass is 10.0. The molecule has 6 nitrogen and oxygen atoms in total. The second-order valence-corrected chi connectivity index (χ2v) is 6.84. The zero-order chi connectivity index (χ0) is 17.1. The van der Waals surface area contributed by atoms with Gasteiger partial charge in [-0.05, 0) is 51.3 Å². The van der Waals surface area contributed by atoms with Gasteiger partial charge in [-0.2, -0.15) is 0 Å². The Morgan fingerprint density at radius 1 is 1.29 bits per heavy atom. The fraction of sp³-hybridized carbons (Fsp3) is 0.667. The van der Waals surface area contributed by atoms with E-state index in [1.807, 2.05) is 24.0 Å². The van der Waals surface area contributed by atoms with Crippen molar-refractivity contribution in [2.45, 2.75) is 64.2 Å². The lowest BCUT2D eigenvalue weighted by molar-refractivity contribution is -0.131. The molecule has 3 heterocycles. The summed E-state index contributed by atoms with van der Waals surface area (Å²) in [6.45, 7) is 5.79. The number of carbonyl (C=O) groups excluding carboxylic acids is 2. The number of amides is 2. The minimum absolute atomic E-state index is 0.0191. The molecular formula is C18H27N3O3. The number of rotatable bonds is 5. The van der Waals surface area contributed by atoms with Crippen LogP contribution in [-0.4, -0.2) is 52.8 Å². The molecule has 1 aromatic rings. The maximum absolute atomic E-state index is 12.5. The fourth-order valence-electron chi connectivity index (χ4n) is 4.18. The van der Waals surface area contributed by atoms with Crippen molar-refractivity contribution < 1.29 is 14.0 Å². The average Bonchev–Trinajstić information content (AvgIpc) is 3.31. The van der Waals surface area contributed by atoms with E-state index in [1.165, 1.54) is 0 Å². The molecule has 2 fully saturated rings. The Balaban J connectivity index is 1.61. The van der Waals surface area contributed by atoms with Crippen LogP contribution in [0.3, 0.4) is 0 Å². The van der Waals surface area contributed by atoms with Crippen LogP contribution < -0.4 is 5.32 Å². The molecule has 2 aliphatic rings. The Hall–Kier alpha value is -1.82. The standard InChI is InChI=1S/C18H27N3O3/c1-13(18(23)19-12-15-6-5-11-24-15)20-9-3-7-16(20)17-8-4-10-21(17)14(2)22/h5-6,11,13,16-17H,3-4,7-10,12H2,1-2H3,(H,19,23)/t13-,16-,17+/m0/s1. The summed E-state index contributed by atoms with van der Waals surface area (Å²) in [5, 5.41) is 2.95. The monoisotopic (exact) mass is 333 g/mol. The van der Waals surface area contributed by atoms with Crippen molar-refractivity contribution in [1.82, 2.24) is 15.1 Å². The van der Waals surface area contributed by atoms with E-state index in [-0.39, 0.29) is 23.9 Å². The smallest absolute Gasteiger partial charge is 0.237 e. The minimum Gasteiger partial charge on any atom is -0.467 e. The van der Waals surface area contributed by atoms with E-state index in [0.717, 1.165) is 44.5 Å². The van der Waals surface area contributed by atoms with E-state index in [9.17, 15) is 9.59 Å². The van der Waals surface area contributed by atoms with Gasteiger partial charge in [0, 0.05) is 25.6 Å². The first-order valence-electron chi connectivity index (χ1n) is 8.91. The summed E-state index contributed by atoms with van der Waals surface area (Å²) < 4.78 is 5.26. The third-order valence-electron chi connectivity index (χ3n) is 5.38. The molecule has 2 aliphatic heterocycles. The summed E-state index contributed by atoms with van der Waals surface area (Å²) in [6, 6.07) is 4.03. The third kappa shape index (κ3) is 3.48. The molecule has 2 amide bonds. The van der Waals surface area contributed by atoms with Gasteiger partial charge in [-0.15, -0.1) is 0 Å². The molecule has 0 saturated carbocycles. The van der Waals surface area contributed by atoms with Crippen LogP contribution in [0.5, 0.6) is 0 Å². The van der Waals surface area contributed by atoms with Crippen LogP contribution in [0.15, 0.2) is 22.8 Å². The summed E-state index contributed by atoms with van der Waals surface area (Å²) in [6.07, 6.45) is 5.86. The molecule has 3 atom stereocenters. The first-order chi connectivity index (χ1) is 11.6. The van der Waals surface area contributed by atoms with Crippen LogP contribution in [0.2, 0.25) is 0 Å². The summed E-state index contributed by atoms with van der Waals surface area (Å²) in [5.41, 5.74) is 0. The quantitative estimate of drug-likeness (QED) is 0.892. The molecule has 0 bridgehead atoms. The van der Waals surface area contributed by atoms with E-state index >= 15 is 0 Å². The van der Waals surface area contributed by atoms with Crippen molar-refractivity contribution >= 4 is 11.8 Å². The molecule has 2 saturated heterocycles. The van der Waals surface area contributed by atoms with Gasteiger partial charge >= 0.3 is 0 Å². The van der Waals surface area contributed by atoms with Crippen LogP contribution in [0.25, 0.3) is 0 Å². The summed E-state index contributed by atoms with van der Waals surface area (Å²) in [5.74, 6) is 0.928. The predicted octanol–water partition coefficient (Wildman–Crippen LogP) is 1.76. The van der Waals surface area contributed by atoms with Crippen molar-refractivity contribution in [3.05, 3.63) is 24.2 Å². The topological polar surface area (TPSA) is 65.8 Å². The molecule has 0 unspecified atom stereocenters. The normalized spacial score (nSPS) is 25.8.